The van der Waals surface area contributed by atoms with E-state index < -0.39 is 12.2 Å². The molecular weight excluding hydrogens is 570 g/mol. The number of aliphatic hydroxyl groups excluding tert-OH is 1. The van der Waals surface area contributed by atoms with Gasteiger partial charge in [-0.15, -0.1) is 0 Å². The van der Waals surface area contributed by atoms with E-state index in [1.807, 2.05) is 42.5 Å². The van der Waals surface area contributed by atoms with Gasteiger partial charge in [-0.1, -0.05) is 67.1 Å². The summed E-state index contributed by atoms with van der Waals surface area (Å²) in [6.07, 6.45) is 5.57. The largest absolute Gasteiger partial charge is 0.392 e. The van der Waals surface area contributed by atoms with E-state index in [0.717, 1.165) is 59.4 Å². The lowest BCUT2D eigenvalue weighted by Crippen LogP contribution is -2.41. The quantitative estimate of drug-likeness (QED) is 0.113. The van der Waals surface area contributed by atoms with Crippen LogP contribution in [-0.4, -0.2) is 52.8 Å². The molecule has 0 bridgehead atoms. The lowest BCUT2D eigenvalue weighted by molar-refractivity contribution is -0.253. The second-order valence-electron chi connectivity index (χ2n) is 12.1. The van der Waals surface area contributed by atoms with Gasteiger partial charge < -0.3 is 24.8 Å². The van der Waals surface area contributed by atoms with Gasteiger partial charge in [0.2, 0.25) is 11.8 Å². The van der Waals surface area contributed by atoms with Crippen molar-refractivity contribution in [3.05, 3.63) is 95.1 Å². The number of rotatable bonds is 13. The summed E-state index contributed by atoms with van der Waals surface area (Å²) in [4.78, 5) is 26.0. The fraction of sp³-hybridized carbons (Fsp3) is 0.444. The first-order chi connectivity index (χ1) is 22.0. The average molecular weight is 616 g/mol. The Morgan fingerprint density at radius 1 is 0.800 bits per heavy atom. The molecule has 240 valence electrons. The Bertz CT molecular complexity index is 1390. The molecule has 9 heteroatoms. The van der Waals surface area contributed by atoms with E-state index in [2.05, 4.69) is 40.5 Å². The van der Waals surface area contributed by atoms with Gasteiger partial charge in [-0.3, -0.25) is 14.8 Å². The van der Waals surface area contributed by atoms with E-state index in [1.165, 1.54) is 19.3 Å². The van der Waals surface area contributed by atoms with Crippen LogP contribution in [0.1, 0.15) is 86.0 Å². The number of unbranched alkanes of at least 4 members (excludes halogenated alkanes) is 1. The van der Waals surface area contributed by atoms with Crippen molar-refractivity contribution in [3.63, 3.8) is 0 Å². The molecule has 0 radical (unpaired) electrons. The molecular formula is C36H45N3O6. The highest BCUT2D eigenvalue weighted by molar-refractivity contribution is 5.76. The van der Waals surface area contributed by atoms with Crippen LogP contribution in [0.25, 0.3) is 11.1 Å². The van der Waals surface area contributed by atoms with Gasteiger partial charge in [0.15, 0.2) is 6.29 Å². The Kier molecular flexibility index (Phi) is 12.1. The number of hydrogen-bond donors (Lipinski definition) is 4. The molecule has 3 aromatic carbocycles. The van der Waals surface area contributed by atoms with Crippen LogP contribution >= 0.6 is 0 Å². The number of hydrogen-bond acceptors (Lipinski definition) is 7. The summed E-state index contributed by atoms with van der Waals surface area (Å²) in [7, 11) is 0. The second kappa shape index (κ2) is 16.6. The third kappa shape index (κ3) is 9.69. The summed E-state index contributed by atoms with van der Waals surface area (Å²) in [6.45, 7) is 3.53. The van der Waals surface area contributed by atoms with Gasteiger partial charge in [0, 0.05) is 37.9 Å². The van der Waals surface area contributed by atoms with Crippen molar-refractivity contribution < 1.29 is 29.4 Å². The molecule has 2 aliphatic rings. The van der Waals surface area contributed by atoms with Gasteiger partial charge in [-0.25, -0.2) is 5.48 Å². The zero-order valence-electron chi connectivity index (χ0n) is 25.8. The van der Waals surface area contributed by atoms with Crippen molar-refractivity contribution >= 4 is 11.8 Å². The lowest BCUT2D eigenvalue weighted by atomic mass is 9.98. The van der Waals surface area contributed by atoms with E-state index in [1.54, 1.807) is 5.48 Å². The third-order valence-corrected chi connectivity index (χ3v) is 8.62. The summed E-state index contributed by atoms with van der Waals surface area (Å²) >= 11 is 0. The average Bonchev–Trinajstić information content (AvgIpc) is 3.09. The maximum absolute atomic E-state index is 12.3. The summed E-state index contributed by atoms with van der Waals surface area (Å²) in [6, 6.07) is 24.4. The Balaban J connectivity index is 1.26. The van der Waals surface area contributed by atoms with Crippen LogP contribution < -0.4 is 10.8 Å². The van der Waals surface area contributed by atoms with E-state index >= 15 is 0 Å². The van der Waals surface area contributed by atoms with Crippen LogP contribution in [0.3, 0.4) is 0 Å². The molecule has 4 N–H and O–H groups in total. The van der Waals surface area contributed by atoms with Gasteiger partial charge in [0.1, 0.15) is 0 Å². The third-order valence-electron chi connectivity index (χ3n) is 8.62. The minimum Gasteiger partial charge on any atom is -0.392 e. The molecule has 2 saturated heterocycles. The topological polar surface area (TPSA) is 120 Å². The maximum Gasteiger partial charge on any atom is 0.243 e. The summed E-state index contributed by atoms with van der Waals surface area (Å²) in [5, 5.41) is 21.1. The minimum atomic E-state index is -0.512. The number of likely N-dealkylation sites (tertiary alicyclic amines) is 1. The fourth-order valence-corrected chi connectivity index (χ4v) is 6.10. The SMILES string of the molecule is O=C(CCCCC(=O)NCc1cccc(-c2cccc(C3OC(CN4CCCCC4)CC(c4ccc(CO)cc4)O3)c2)c1)NO. The summed E-state index contributed by atoms with van der Waals surface area (Å²) < 4.78 is 13.2. The first-order valence-electron chi connectivity index (χ1n) is 16.1. The number of nitrogens with one attached hydrogen (secondary N) is 2. The number of amides is 2. The van der Waals surface area contributed by atoms with Gasteiger partial charge >= 0.3 is 0 Å². The predicted molar refractivity (Wildman–Crippen MR) is 171 cm³/mol. The molecule has 0 spiro atoms. The number of nitrogens with zero attached hydrogens (tertiary/aromatic N) is 1. The van der Waals surface area contributed by atoms with E-state index in [0.29, 0.717) is 25.8 Å². The first kappa shape index (κ1) is 32.8. The van der Waals surface area contributed by atoms with Crippen LogP contribution in [0.5, 0.6) is 0 Å². The number of carbonyl (C=O) groups excluding carboxylic acids is 2. The molecule has 2 heterocycles. The zero-order valence-corrected chi connectivity index (χ0v) is 25.8. The summed E-state index contributed by atoms with van der Waals surface area (Å²) in [5.74, 6) is -0.512. The normalized spacial score (nSPS) is 20.4. The molecule has 45 heavy (non-hydrogen) atoms. The molecule has 5 rings (SSSR count). The van der Waals surface area contributed by atoms with Gasteiger partial charge in [-0.2, -0.15) is 0 Å². The molecule has 0 saturated carbocycles. The molecule has 2 amide bonds. The number of benzene rings is 3. The smallest absolute Gasteiger partial charge is 0.243 e. The lowest BCUT2D eigenvalue weighted by Gasteiger charge is -2.39. The highest BCUT2D eigenvalue weighted by atomic mass is 16.7. The number of carbonyl (C=O) groups is 2. The molecule has 3 atom stereocenters. The number of hydroxylamine groups is 1. The standard InChI is InChI=1S/C36H45N3O6/c40-25-26-14-16-28(17-15-26)33-22-32(24-39-18-4-1-5-19-39)44-36(45-33)31-11-7-10-30(21-31)29-9-6-8-27(20-29)23-37-34(41)12-2-3-13-35(42)38-43/h6-11,14-17,20-21,32-33,36,40,43H,1-5,12-13,18-19,22-25H2,(H,37,41)(H,38,42). The van der Waals surface area contributed by atoms with Crippen LogP contribution in [0, 0.1) is 0 Å². The van der Waals surface area contributed by atoms with Crippen molar-refractivity contribution in [2.24, 2.45) is 0 Å². The number of piperidine rings is 1. The van der Waals surface area contributed by atoms with Crippen LogP contribution in [0.15, 0.2) is 72.8 Å². The van der Waals surface area contributed by atoms with Crippen molar-refractivity contribution in [1.82, 2.24) is 15.7 Å². The van der Waals surface area contributed by atoms with Crippen molar-refractivity contribution in [3.8, 4) is 11.1 Å². The van der Waals surface area contributed by atoms with Crippen LogP contribution in [0.4, 0.5) is 0 Å². The van der Waals surface area contributed by atoms with Crippen LogP contribution in [0.2, 0.25) is 0 Å². The van der Waals surface area contributed by atoms with Crippen molar-refractivity contribution in [2.75, 3.05) is 19.6 Å². The number of ether oxygens (including phenoxy) is 2. The Labute approximate surface area is 265 Å². The van der Waals surface area contributed by atoms with Crippen LogP contribution in [-0.2, 0) is 32.2 Å². The van der Waals surface area contributed by atoms with E-state index in [4.69, 9.17) is 14.7 Å². The van der Waals surface area contributed by atoms with Gasteiger partial charge in [0.05, 0.1) is 18.8 Å². The van der Waals surface area contributed by atoms with Gasteiger partial charge in [-0.05, 0) is 78.7 Å². The molecule has 0 aromatic heterocycles. The Hall–Kier alpha value is -3.60. The van der Waals surface area contributed by atoms with Crippen molar-refractivity contribution in [1.29, 1.82) is 0 Å². The molecule has 9 nitrogen and oxygen atoms in total. The molecule has 3 aromatic rings. The summed E-state index contributed by atoms with van der Waals surface area (Å²) in [5.41, 5.74) is 7.60. The molecule has 3 unspecified atom stereocenters. The van der Waals surface area contributed by atoms with E-state index in [9.17, 15) is 14.7 Å². The molecule has 0 aliphatic carbocycles. The zero-order chi connectivity index (χ0) is 31.4. The number of aliphatic hydroxyl groups is 1. The highest BCUT2D eigenvalue weighted by Gasteiger charge is 2.33. The fourth-order valence-electron chi connectivity index (χ4n) is 6.10. The Morgan fingerprint density at radius 2 is 1.51 bits per heavy atom. The first-order valence-corrected chi connectivity index (χ1v) is 16.1. The maximum atomic E-state index is 12.3. The van der Waals surface area contributed by atoms with E-state index in [-0.39, 0.29) is 31.1 Å². The molecule has 2 aliphatic heterocycles. The highest BCUT2D eigenvalue weighted by Crippen LogP contribution is 2.39. The van der Waals surface area contributed by atoms with Crippen molar-refractivity contribution in [2.45, 2.75) is 83.0 Å². The van der Waals surface area contributed by atoms with Gasteiger partial charge in [0.25, 0.3) is 0 Å². The molecule has 2 fully saturated rings. The monoisotopic (exact) mass is 615 g/mol. The minimum absolute atomic E-state index is 0.0167. The second-order valence-corrected chi connectivity index (χ2v) is 12.1. The Morgan fingerprint density at radius 3 is 2.24 bits per heavy atom. The predicted octanol–water partition coefficient (Wildman–Crippen LogP) is 5.56.